The predicted octanol–water partition coefficient (Wildman–Crippen LogP) is 1.58. The quantitative estimate of drug-likeness (QED) is 0.723. The van der Waals surface area contributed by atoms with Crippen LogP contribution in [0.15, 0.2) is 18.5 Å². The average molecular weight is 252 g/mol. The van der Waals surface area contributed by atoms with Gasteiger partial charge in [0.15, 0.2) is 0 Å². The zero-order valence-corrected chi connectivity index (χ0v) is 10.8. The number of hydrogen-bond donors (Lipinski definition) is 2. The van der Waals surface area contributed by atoms with Gasteiger partial charge in [0.2, 0.25) is 0 Å². The van der Waals surface area contributed by atoms with Crippen LogP contribution < -0.4 is 5.32 Å². The van der Waals surface area contributed by atoms with Gasteiger partial charge in [0.1, 0.15) is 5.75 Å². The molecular weight excluding hydrogens is 232 g/mol. The first-order valence-electron chi connectivity index (χ1n) is 6.09. The number of carbonyl (C=O) groups is 1. The molecule has 0 radical (unpaired) electrons. The third-order valence-electron chi connectivity index (χ3n) is 2.36. The Kier molecular flexibility index (Phi) is 6.14. The molecule has 0 unspecified atom stereocenters. The molecule has 0 bridgehead atoms. The van der Waals surface area contributed by atoms with Crippen LogP contribution in [0.5, 0.6) is 5.75 Å². The van der Waals surface area contributed by atoms with E-state index in [-0.39, 0.29) is 11.7 Å². The van der Waals surface area contributed by atoms with Gasteiger partial charge in [0.05, 0.1) is 18.4 Å². The van der Waals surface area contributed by atoms with Gasteiger partial charge in [-0.3, -0.25) is 9.78 Å². The van der Waals surface area contributed by atoms with E-state index >= 15 is 0 Å². The molecule has 0 fully saturated rings. The highest BCUT2D eigenvalue weighted by molar-refractivity contribution is 5.94. The molecule has 2 N–H and O–H groups in total. The first-order valence-corrected chi connectivity index (χ1v) is 6.09. The summed E-state index contributed by atoms with van der Waals surface area (Å²) in [6, 6.07) is 1.38. The summed E-state index contributed by atoms with van der Waals surface area (Å²) in [6.07, 6.45) is 3.71. The molecule has 0 saturated heterocycles. The molecule has 1 rings (SSSR count). The number of ether oxygens (including phenoxy) is 1. The van der Waals surface area contributed by atoms with Crippen molar-refractivity contribution in [1.29, 1.82) is 0 Å². The molecule has 0 atom stereocenters. The summed E-state index contributed by atoms with van der Waals surface area (Å²) in [5.41, 5.74) is 0.345. The van der Waals surface area contributed by atoms with Crippen LogP contribution in [0.2, 0.25) is 0 Å². The van der Waals surface area contributed by atoms with E-state index in [4.69, 9.17) is 4.74 Å². The highest BCUT2D eigenvalue weighted by atomic mass is 16.5. The molecule has 1 aromatic rings. The third kappa shape index (κ3) is 5.63. The topological polar surface area (TPSA) is 71.5 Å². The minimum Gasteiger partial charge on any atom is -0.506 e. The molecule has 5 heteroatoms. The van der Waals surface area contributed by atoms with Crippen molar-refractivity contribution in [3.8, 4) is 5.75 Å². The van der Waals surface area contributed by atoms with Crippen molar-refractivity contribution in [3.05, 3.63) is 24.0 Å². The SMILES string of the molecule is CC(C)CCOCCNC(=O)c1cncc(O)c1. The lowest BCUT2D eigenvalue weighted by Crippen LogP contribution is -2.27. The van der Waals surface area contributed by atoms with E-state index in [0.717, 1.165) is 6.42 Å². The molecule has 1 heterocycles. The first-order chi connectivity index (χ1) is 8.59. The molecule has 0 aromatic carbocycles. The van der Waals surface area contributed by atoms with Gasteiger partial charge in [-0.05, 0) is 18.4 Å². The maximum atomic E-state index is 11.6. The van der Waals surface area contributed by atoms with E-state index in [1.54, 1.807) is 0 Å². The Hall–Kier alpha value is -1.62. The molecule has 5 nitrogen and oxygen atoms in total. The lowest BCUT2D eigenvalue weighted by molar-refractivity contribution is 0.0905. The summed E-state index contributed by atoms with van der Waals surface area (Å²) in [7, 11) is 0. The predicted molar refractivity (Wildman–Crippen MR) is 68.5 cm³/mol. The molecule has 1 aromatic heterocycles. The summed E-state index contributed by atoms with van der Waals surface area (Å²) in [6.45, 7) is 5.93. The van der Waals surface area contributed by atoms with Crippen molar-refractivity contribution in [2.24, 2.45) is 5.92 Å². The maximum Gasteiger partial charge on any atom is 0.253 e. The molecule has 18 heavy (non-hydrogen) atoms. The fourth-order valence-electron chi connectivity index (χ4n) is 1.31. The van der Waals surface area contributed by atoms with E-state index in [1.807, 2.05) is 0 Å². The summed E-state index contributed by atoms with van der Waals surface area (Å²) in [5, 5.41) is 11.9. The number of amides is 1. The van der Waals surface area contributed by atoms with Crippen LogP contribution in [0.25, 0.3) is 0 Å². The van der Waals surface area contributed by atoms with Gasteiger partial charge in [-0.15, -0.1) is 0 Å². The summed E-state index contributed by atoms with van der Waals surface area (Å²) >= 11 is 0. The fraction of sp³-hybridized carbons (Fsp3) is 0.538. The Morgan fingerprint density at radius 3 is 2.89 bits per heavy atom. The zero-order chi connectivity index (χ0) is 13.4. The highest BCUT2D eigenvalue weighted by Crippen LogP contribution is 2.07. The van der Waals surface area contributed by atoms with Crippen molar-refractivity contribution in [3.63, 3.8) is 0 Å². The van der Waals surface area contributed by atoms with Gasteiger partial charge in [-0.1, -0.05) is 13.8 Å². The summed E-state index contributed by atoms with van der Waals surface area (Å²) in [5.74, 6) is 0.347. The smallest absolute Gasteiger partial charge is 0.253 e. The van der Waals surface area contributed by atoms with Crippen LogP contribution in [0.1, 0.15) is 30.6 Å². The van der Waals surface area contributed by atoms with Crippen molar-refractivity contribution in [2.45, 2.75) is 20.3 Å². The number of hydrogen-bond acceptors (Lipinski definition) is 4. The minimum absolute atomic E-state index is 0.0177. The molecule has 0 aliphatic rings. The minimum atomic E-state index is -0.258. The lowest BCUT2D eigenvalue weighted by Gasteiger charge is -2.07. The number of aromatic hydroxyl groups is 1. The van der Waals surface area contributed by atoms with E-state index in [1.165, 1.54) is 18.5 Å². The van der Waals surface area contributed by atoms with Crippen LogP contribution >= 0.6 is 0 Å². The zero-order valence-electron chi connectivity index (χ0n) is 10.8. The Morgan fingerprint density at radius 2 is 2.22 bits per heavy atom. The van der Waals surface area contributed by atoms with E-state index in [0.29, 0.717) is 31.2 Å². The second-order valence-corrected chi connectivity index (χ2v) is 4.48. The normalized spacial score (nSPS) is 10.6. The average Bonchev–Trinajstić information content (AvgIpc) is 2.33. The molecule has 0 aliphatic heterocycles. The monoisotopic (exact) mass is 252 g/mol. The number of nitrogens with zero attached hydrogens (tertiary/aromatic N) is 1. The molecule has 0 aliphatic carbocycles. The number of nitrogens with one attached hydrogen (secondary N) is 1. The van der Waals surface area contributed by atoms with Crippen molar-refractivity contribution < 1.29 is 14.6 Å². The first kappa shape index (κ1) is 14.4. The summed E-state index contributed by atoms with van der Waals surface area (Å²) in [4.78, 5) is 15.4. The van der Waals surface area contributed by atoms with Gasteiger partial charge in [0, 0.05) is 19.3 Å². The molecule has 0 spiro atoms. The Morgan fingerprint density at radius 1 is 1.44 bits per heavy atom. The Bertz CT molecular complexity index is 380. The van der Waals surface area contributed by atoms with Crippen molar-refractivity contribution in [2.75, 3.05) is 19.8 Å². The number of rotatable bonds is 7. The fourth-order valence-corrected chi connectivity index (χ4v) is 1.31. The second-order valence-electron chi connectivity index (χ2n) is 4.48. The van der Waals surface area contributed by atoms with Gasteiger partial charge >= 0.3 is 0 Å². The van der Waals surface area contributed by atoms with Gasteiger partial charge in [-0.25, -0.2) is 0 Å². The summed E-state index contributed by atoms with van der Waals surface area (Å²) < 4.78 is 5.37. The lowest BCUT2D eigenvalue weighted by atomic mass is 10.1. The van der Waals surface area contributed by atoms with E-state index in [2.05, 4.69) is 24.1 Å². The number of pyridine rings is 1. The standard InChI is InChI=1S/C13H20N2O3/c1-10(2)3-5-18-6-4-15-13(17)11-7-12(16)9-14-8-11/h7-10,16H,3-6H2,1-2H3,(H,15,17). The van der Waals surface area contributed by atoms with Crippen LogP contribution in [-0.2, 0) is 4.74 Å². The molecular formula is C13H20N2O3. The third-order valence-corrected chi connectivity index (χ3v) is 2.36. The Balaban J connectivity index is 2.18. The van der Waals surface area contributed by atoms with Gasteiger partial charge < -0.3 is 15.2 Å². The number of aromatic nitrogens is 1. The molecule has 100 valence electrons. The van der Waals surface area contributed by atoms with Crippen LogP contribution in [0.4, 0.5) is 0 Å². The van der Waals surface area contributed by atoms with Crippen molar-refractivity contribution >= 4 is 5.91 Å². The van der Waals surface area contributed by atoms with Crippen LogP contribution in [-0.4, -0.2) is 35.8 Å². The Labute approximate surface area is 107 Å². The molecule has 0 saturated carbocycles. The van der Waals surface area contributed by atoms with Crippen molar-refractivity contribution in [1.82, 2.24) is 10.3 Å². The van der Waals surface area contributed by atoms with E-state index in [9.17, 15) is 9.90 Å². The van der Waals surface area contributed by atoms with Gasteiger partial charge in [0.25, 0.3) is 5.91 Å². The largest absolute Gasteiger partial charge is 0.506 e. The number of carbonyl (C=O) groups excluding carboxylic acids is 1. The maximum absolute atomic E-state index is 11.6. The van der Waals surface area contributed by atoms with Crippen LogP contribution in [0, 0.1) is 5.92 Å². The van der Waals surface area contributed by atoms with E-state index < -0.39 is 0 Å². The highest BCUT2D eigenvalue weighted by Gasteiger charge is 2.05. The van der Waals surface area contributed by atoms with Crippen LogP contribution in [0.3, 0.4) is 0 Å². The van der Waals surface area contributed by atoms with Gasteiger partial charge in [-0.2, -0.15) is 0 Å². The second kappa shape index (κ2) is 7.66. The molecule has 1 amide bonds.